The van der Waals surface area contributed by atoms with Crippen LogP contribution in [0.3, 0.4) is 0 Å². The Kier molecular flexibility index (Phi) is 3.95. The van der Waals surface area contributed by atoms with Crippen LogP contribution in [0.4, 0.5) is 0 Å². The van der Waals surface area contributed by atoms with E-state index in [1.165, 1.54) is 64.3 Å². The van der Waals surface area contributed by atoms with Gasteiger partial charge >= 0.3 is 0 Å². The van der Waals surface area contributed by atoms with Crippen LogP contribution in [0, 0.1) is 11.8 Å². The van der Waals surface area contributed by atoms with Gasteiger partial charge in [-0.15, -0.1) is 0 Å². The van der Waals surface area contributed by atoms with Crippen LogP contribution in [-0.2, 0) is 4.74 Å². The maximum Gasteiger partial charge on any atom is 0.0708 e. The number of hydrogen-bond donors (Lipinski definition) is 1. The summed E-state index contributed by atoms with van der Waals surface area (Å²) in [6.45, 7) is 4.67. The van der Waals surface area contributed by atoms with Gasteiger partial charge in [-0.3, -0.25) is 0 Å². The first kappa shape index (κ1) is 12.9. The van der Waals surface area contributed by atoms with Gasteiger partial charge in [-0.05, 0) is 56.9 Å². The van der Waals surface area contributed by atoms with Gasteiger partial charge in [-0.1, -0.05) is 26.2 Å². The van der Waals surface area contributed by atoms with E-state index < -0.39 is 0 Å². The maximum atomic E-state index is 6.39. The second kappa shape index (κ2) is 5.50. The fourth-order valence-corrected chi connectivity index (χ4v) is 3.91. The lowest BCUT2D eigenvalue weighted by Crippen LogP contribution is -2.35. The third-order valence-corrected chi connectivity index (χ3v) is 5.37. The van der Waals surface area contributed by atoms with Crippen LogP contribution < -0.4 is 5.32 Å². The number of hydrogen-bond acceptors (Lipinski definition) is 2. The molecule has 0 bridgehead atoms. The third-order valence-electron chi connectivity index (χ3n) is 5.37. The molecule has 1 aliphatic heterocycles. The predicted octanol–water partition coefficient (Wildman–Crippen LogP) is 3.50. The summed E-state index contributed by atoms with van der Waals surface area (Å²) in [7, 11) is 0. The molecular weight excluding hydrogens is 222 g/mol. The molecule has 1 spiro atoms. The Balaban J connectivity index is 1.36. The van der Waals surface area contributed by atoms with E-state index in [9.17, 15) is 0 Å². The molecule has 2 saturated carbocycles. The summed E-state index contributed by atoms with van der Waals surface area (Å²) in [4.78, 5) is 0. The van der Waals surface area contributed by atoms with Crippen LogP contribution in [0.25, 0.3) is 0 Å². The Morgan fingerprint density at radius 3 is 2.61 bits per heavy atom. The Labute approximate surface area is 112 Å². The molecule has 0 amide bonds. The third kappa shape index (κ3) is 3.08. The summed E-state index contributed by atoms with van der Waals surface area (Å²) in [5.74, 6) is 1.89. The molecule has 0 aromatic rings. The number of nitrogens with one attached hydrogen (secondary N) is 1. The van der Waals surface area contributed by atoms with E-state index in [-0.39, 0.29) is 0 Å². The minimum absolute atomic E-state index is 0.298. The standard InChI is InChI=1S/C16H29NO/c1-13(14-5-6-14)11-17-12-15-7-10-16(18-15)8-3-2-4-9-16/h13-15,17H,2-12H2,1H3. The highest BCUT2D eigenvalue weighted by molar-refractivity contribution is 4.92. The SMILES string of the molecule is CC(CNCC1CCC2(CCCCC2)O1)C1CC1. The lowest BCUT2D eigenvalue weighted by atomic mass is 9.83. The zero-order valence-corrected chi connectivity index (χ0v) is 11.9. The Hall–Kier alpha value is -0.0800. The smallest absolute Gasteiger partial charge is 0.0708 e. The van der Waals surface area contributed by atoms with Crippen molar-refractivity contribution < 1.29 is 4.74 Å². The van der Waals surface area contributed by atoms with E-state index in [1.54, 1.807) is 0 Å². The minimum Gasteiger partial charge on any atom is -0.370 e. The van der Waals surface area contributed by atoms with E-state index in [1.807, 2.05) is 0 Å². The molecule has 1 heterocycles. The fraction of sp³-hybridized carbons (Fsp3) is 1.00. The van der Waals surface area contributed by atoms with Crippen molar-refractivity contribution in [3.05, 3.63) is 0 Å². The molecule has 2 atom stereocenters. The van der Waals surface area contributed by atoms with Crippen LogP contribution in [0.5, 0.6) is 0 Å². The summed E-state index contributed by atoms with van der Waals surface area (Å²) in [5.41, 5.74) is 0.298. The molecule has 1 saturated heterocycles. The van der Waals surface area contributed by atoms with Gasteiger partial charge in [0, 0.05) is 6.54 Å². The maximum absolute atomic E-state index is 6.39. The molecule has 18 heavy (non-hydrogen) atoms. The van der Waals surface area contributed by atoms with Gasteiger partial charge in [-0.25, -0.2) is 0 Å². The highest BCUT2D eigenvalue weighted by Gasteiger charge is 2.40. The van der Waals surface area contributed by atoms with Crippen molar-refractivity contribution >= 4 is 0 Å². The van der Waals surface area contributed by atoms with E-state index in [4.69, 9.17) is 4.74 Å². The van der Waals surface area contributed by atoms with E-state index in [0.29, 0.717) is 11.7 Å². The van der Waals surface area contributed by atoms with Gasteiger partial charge < -0.3 is 10.1 Å². The molecule has 0 aromatic heterocycles. The van der Waals surface area contributed by atoms with Crippen molar-refractivity contribution in [3.8, 4) is 0 Å². The van der Waals surface area contributed by atoms with Gasteiger partial charge in [0.2, 0.25) is 0 Å². The Morgan fingerprint density at radius 2 is 1.89 bits per heavy atom. The molecule has 0 aromatic carbocycles. The quantitative estimate of drug-likeness (QED) is 0.807. The summed E-state index contributed by atoms with van der Waals surface area (Å²) in [5, 5.41) is 3.65. The number of rotatable bonds is 5. The van der Waals surface area contributed by atoms with Gasteiger partial charge in [0.15, 0.2) is 0 Å². The lowest BCUT2D eigenvalue weighted by molar-refractivity contribution is -0.0624. The summed E-state index contributed by atoms with van der Waals surface area (Å²) in [6.07, 6.45) is 12.9. The molecule has 2 unspecified atom stereocenters. The summed E-state index contributed by atoms with van der Waals surface area (Å²) >= 11 is 0. The van der Waals surface area contributed by atoms with Gasteiger partial charge in [-0.2, -0.15) is 0 Å². The molecule has 3 fully saturated rings. The highest BCUT2D eigenvalue weighted by Crippen LogP contribution is 2.41. The monoisotopic (exact) mass is 251 g/mol. The highest BCUT2D eigenvalue weighted by atomic mass is 16.5. The second-order valence-corrected chi connectivity index (χ2v) is 7.00. The largest absolute Gasteiger partial charge is 0.370 e. The summed E-state index contributed by atoms with van der Waals surface area (Å²) < 4.78 is 6.39. The fourth-order valence-electron chi connectivity index (χ4n) is 3.91. The first-order chi connectivity index (χ1) is 8.77. The van der Waals surface area contributed by atoms with Crippen LogP contribution in [0.2, 0.25) is 0 Å². The molecule has 0 radical (unpaired) electrons. The summed E-state index contributed by atoms with van der Waals surface area (Å²) in [6, 6.07) is 0. The second-order valence-electron chi connectivity index (χ2n) is 7.00. The van der Waals surface area contributed by atoms with Crippen molar-refractivity contribution in [1.82, 2.24) is 5.32 Å². The molecule has 2 nitrogen and oxygen atoms in total. The van der Waals surface area contributed by atoms with Gasteiger partial charge in [0.1, 0.15) is 0 Å². The van der Waals surface area contributed by atoms with Crippen LogP contribution in [0.15, 0.2) is 0 Å². The minimum atomic E-state index is 0.298. The van der Waals surface area contributed by atoms with E-state index >= 15 is 0 Å². The number of ether oxygens (including phenoxy) is 1. The first-order valence-corrected chi connectivity index (χ1v) is 8.16. The van der Waals surface area contributed by atoms with Crippen molar-refractivity contribution in [2.24, 2.45) is 11.8 Å². The Morgan fingerprint density at radius 1 is 1.11 bits per heavy atom. The average molecular weight is 251 g/mol. The van der Waals surface area contributed by atoms with Crippen LogP contribution >= 0.6 is 0 Å². The Bertz CT molecular complexity index is 268. The predicted molar refractivity (Wildman–Crippen MR) is 74.7 cm³/mol. The molecular formula is C16H29NO. The van der Waals surface area contributed by atoms with Crippen molar-refractivity contribution in [3.63, 3.8) is 0 Å². The van der Waals surface area contributed by atoms with Gasteiger partial charge in [0.25, 0.3) is 0 Å². The van der Waals surface area contributed by atoms with E-state index in [0.717, 1.165) is 18.4 Å². The van der Waals surface area contributed by atoms with Crippen LogP contribution in [0.1, 0.15) is 64.7 Å². The molecule has 104 valence electrons. The zero-order chi connectivity index (χ0) is 12.4. The van der Waals surface area contributed by atoms with Crippen molar-refractivity contribution in [2.75, 3.05) is 13.1 Å². The van der Waals surface area contributed by atoms with Crippen molar-refractivity contribution in [1.29, 1.82) is 0 Å². The van der Waals surface area contributed by atoms with Gasteiger partial charge in [0.05, 0.1) is 11.7 Å². The van der Waals surface area contributed by atoms with Crippen LogP contribution in [-0.4, -0.2) is 24.8 Å². The molecule has 2 aliphatic carbocycles. The normalized spacial score (nSPS) is 32.8. The first-order valence-electron chi connectivity index (χ1n) is 8.16. The molecule has 3 aliphatic rings. The average Bonchev–Trinajstić information content (AvgIpc) is 3.16. The van der Waals surface area contributed by atoms with Crippen molar-refractivity contribution in [2.45, 2.75) is 76.4 Å². The molecule has 3 rings (SSSR count). The molecule has 1 N–H and O–H groups in total. The molecule has 2 heteroatoms. The lowest BCUT2D eigenvalue weighted by Gasteiger charge is -2.33. The van der Waals surface area contributed by atoms with E-state index in [2.05, 4.69) is 12.2 Å². The topological polar surface area (TPSA) is 21.3 Å². The zero-order valence-electron chi connectivity index (χ0n) is 11.9.